The summed E-state index contributed by atoms with van der Waals surface area (Å²) in [4.78, 5) is 22.6. The summed E-state index contributed by atoms with van der Waals surface area (Å²) < 4.78 is 6.70. The number of aromatic nitrogens is 3. The number of ether oxygens (including phenoxy) is 1. The van der Waals surface area contributed by atoms with Gasteiger partial charge in [0.1, 0.15) is 5.82 Å². The average Bonchev–Trinajstić information content (AvgIpc) is 3.16. The molecule has 0 unspecified atom stereocenters. The lowest BCUT2D eigenvalue weighted by Crippen LogP contribution is -2.49. The van der Waals surface area contributed by atoms with E-state index in [0.29, 0.717) is 22.0 Å². The van der Waals surface area contributed by atoms with Crippen LogP contribution in [0.15, 0.2) is 36.9 Å². The van der Waals surface area contributed by atoms with E-state index in [-0.39, 0.29) is 12.0 Å². The summed E-state index contributed by atoms with van der Waals surface area (Å²) in [5, 5.41) is 1.75. The number of carbonyl (C=O) groups excluding carboxylic acids is 1. The zero-order valence-corrected chi connectivity index (χ0v) is 15.5. The minimum Gasteiger partial charge on any atom is -0.469 e. The third kappa shape index (κ3) is 2.89. The second-order valence-corrected chi connectivity index (χ2v) is 6.93. The molecule has 3 heterocycles. The van der Waals surface area contributed by atoms with Gasteiger partial charge in [0.05, 0.1) is 41.1 Å². The predicted octanol–water partition coefficient (Wildman–Crippen LogP) is 3.87. The molecular formula is C18H16Cl2N4O2. The Morgan fingerprint density at radius 1 is 1.38 bits per heavy atom. The van der Waals surface area contributed by atoms with Crippen LogP contribution in [0.3, 0.4) is 0 Å². The molecule has 1 atom stereocenters. The summed E-state index contributed by atoms with van der Waals surface area (Å²) in [6, 6.07) is 5.72. The number of fused-ring (bicyclic) bond motifs is 1. The molecule has 0 saturated carbocycles. The summed E-state index contributed by atoms with van der Waals surface area (Å²) in [5.41, 5.74) is 1.54. The van der Waals surface area contributed by atoms with Crippen LogP contribution in [0.1, 0.15) is 12.8 Å². The highest BCUT2D eigenvalue weighted by molar-refractivity contribution is 6.45. The molecule has 0 radical (unpaired) electrons. The Hall–Kier alpha value is -2.31. The molecule has 0 spiro atoms. The van der Waals surface area contributed by atoms with Gasteiger partial charge in [-0.25, -0.2) is 9.97 Å². The van der Waals surface area contributed by atoms with Gasteiger partial charge in [0, 0.05) is 36.4 Å². The number of esters is 1. The molecular weight excluding hydrogens is 375 g/mol. The lowest BCUT2D eigenvalue weighted by Gasteiger charge is -2.41. The Kier molecular flexibility index (Phi) is 4.46. The van der Waals surface area contributed by atoms with Crippen molar-refractivity contribution in [1.82, 2.24) is 14.5 Å². The fraction of sp³-hybridized carbons (Fsp3) is 0.278. The van der Waals surface area contributed by atoms with E-state index >= 15 is 0 Å². The lowest BCUT2D eigenvalue weighted by atomic mass is 9.99. The zero-order valence-electron chi connectivity index (χ0n) is 14.0. The average molecular weight is 391 g/mol. The number of rotatable bonds is 4. The molecule has 3 aromatic rings. The van der Waals surface area contributed by atoms with Gasteiger partial charge in [-0.3, -0.25) is 4.79 Å². The second-order valence-electron chi connectivity index (χ2n) is 6.14. The van der Waals surface area contributed by atoms with Crippen LogP contribution in [-0.4, -0.2) is 40.2 Å². The van der Waals surface area contributed by atoms with E-state index in [9.17, 15) is 4.79 Å². The van der Waals surface area contributed by atoms with Crippen molar-refractivity contribution < 1.29 is 9.53 Å². The van der Waals surface area contributed by atoms with Gasteiger partial charge < -0.3 is 14.2 Å². The van der Waals surface area contributed by atoms with E-state index in [1.165, 1.54) is 7.11 Å². The maximum atomic E-state index is 11.6. The molecule has 1 aliphatic heterocycles. The molecule has 1 aliphatic rings. The Bertz CT molecular complexity index is 975. The van der Waals surface area contributed by atoms with Crippen molar-refractivity contribution in [2.24, 2.45) is 0 Å². The third-order valence-corrected chi connectivity index (χ3v) is 5.48. The van der Waals surface area contributed by atoms with E-state index in [4.69, 9.17) is 32.9 Å². The summed E-state index contributed by atoms with van der Waals surface area (Å²) in [5.74, 6) is 0.530. The minimum atomic E-state index is -0.226. The van der Waals surface area contributed by atoms with E-state index in [1.807, 2.05) is 22.9 Å². The minimum absolute atomic E-state index is 0.0704. The fourth-order valence-corrected chi connectivity index (χ4v) is 3.56. The summed E-state index contributed by atoms with van der Waals surface area (Å²) >= 11 is 12.6. The highest BCUT2D eigenvalue weighted by Gasteiger charge is 2.32. The third-order valence-electron chi connectivity index (χ3n) is 4.69. The van der Waals surface area contributed by atoms with Crippen molar-refractivity contribution >= 4 is 45.9 Å². The molecule has 6 nitrogen and oxygen atoms in total. The fourth-order valence-electron chi connectivity index (χ4n) is 3.20. The number of anilines is 1. The topological polar surface area (TPSA) is 60.2 Å². The summed E-state index contributed by atoms with van der Waals surface area (Å²) in [6.45, 7) is 0.821. The van der Waals surface area contributed by atoms with Gasteiger partial charge in [-0.2, -0.15) is 0 Å². The van der Waals surface area contributed by atoms with Crippen LogP contribution in [0.5, 0.6) is 0 Å². The highest BCUT2D eigenvalue weighted by Crippen LogP contribution is 2.37. The first-order valence-corrected chi connectivity index (χ1v) is 8.94. The van der Waals surface area contributed by atoms with Gasteiger partial charge in [-0.1, -0.05) is 23.2 Å². The monoisotopic (exact) mass is 390 g/mol. The number of hydrogen-bond donors (Lipinski definition) is 0. The van der Waals surface area contributed by atoms with Crippen molar-refractivity contribution in [1.29, 1.82) is 0 Å². The number of methoxy groups -OCH3 is 1. The van der Waals surface area contributed by atoms with Crippen molar-refractivity contribution in [2.45, 2.75) is 18.9 Å². The zero-order chi connectivity index (χ0) is 18.3. The normalized spacial score (nSPS) is 16.6. The molecule has 1 fully saturated rings. The Labute approximate surface area is 160 Å². The van der Waals surface area contributed by atoms with Crippen LogP contribution in [0.4, 0.5) is 5.82 Å². The van der Waals surface area contributed by atoms with Crippen LogP contribution in [-0.2, 0) is 9.53 Å². The SMILES string of the molecule is COC(=O)C[C@@H]1CCN1c1cc(-n2ccnc2)c2ccc(Cl)c(Cl)c2n1. The van der Waals surface area contributed by atoms with Gasteiger partial charge in [0.25, 0.3) is 0 Å². The summed E-state index contributed by atoms with van der Waals surface area (Å²) in [7, 11) is 1.40. The molecule has 0 amide bonds. The van der Waals surface area contributed by atoms with Gasteiger partial charge in [0.2, 0.25) is 0 Å². The van der Waals surface area contributed by atoms with Crippen molar-refractivity contribution in [2.75, 3.05) is 18.6 Å². The number of halogens is 2. The van der Waals surface area contributed by atoms with E-state index in [0.717, 1.165) is 29.9 Å². The van der Waals surface area contributed by atoms with Crippen LogP contribution >= 0.6 is 23.2 Å². The number of nitrogens with zero attached hydrogens (tertiary/aromatic N) is 4. The molecule has 8 heteroatoms. The van der Waals surface area contributed by atoms with Gasteiger partial charge in [-0.15, -0.1) is 0 Å². The largest absolute Gasteiger partial charge is 0.469 e. The smallest absolute Gasteiger partial charge is 0.307 e. The molecule has 2 aromatic heterocycles. The first-order chi connectivity index (χ1) is 12.6. The molecule has 0 N–H and O–H groups in total. The number of pyridine rings is 1. The summed E-state index contributed by atoms with van der Waals surface area (Å²) in [6.07, 6.45) is 6.55. The van der Waals surface area contributed by atoms with Crippen molar-refractivity contribution in [3.63, 3.8) is 0 Å². The Morgan fingerprint density at radius 2 is 2.23 bits per heavy atom. The quantitative estimate of drug-likeness (QED) is 0.632. The van der Waals surface area contributed by atoms with Crippen LogP contribution < -0.4 is 4.90 Å². The van der Waals surface area contributed by atoms with Crippen LogP contribution in [0.2, 0.25) is 10.0 Å². The van der Waals surface area contributed by atoms with E-state index < -0.39 is 0 Å². The molecule has 0 bridgehead atoms. The van der Waals surface area contributed by atoms with Crippen LogP contribution in [0.25, 0.3) is 16.6 Å². The number of benzene rings is 1. The number of carbonyl (C=O) groups is 1. The molecule has 26 heavy (non-hydrogen) atoms. The van der Waals surface area contributed by atoms with E-state index in [1.54, 1.807) is 18.6 Å². The number of imidazole rings is 1. The standard InChI is InChI=1S/C18H16Cl2N4O2/c1-26-16(25)8-11-4-6-24(11)15-9-14(23-7-5-21-10-23)12-2-3-13(19)17(20)18(12)22-15/h2-3,5,7,9-11H,4,6,8H2,1H3/t11-/m0/s1. The maximum absolute atomic E-state index is 11.6. The molecule has 1 saturated heterocycles. The molecule has 1 aromatic carbocycles. The maximum Gasteiger partial charge on any atom is 0.307 e. The predicted molar refractivity (Wildman–Crippen MR) is 101 cm³/mol. The molecule has 134 valence electrons. The van der Waals surface area contributed by atoms with Gasteiger partial charge >= 0.3 is 5.97 Å². The molecule has 4 rings (SSSR count). The Morgan fingerprint density at radius 3 is 2.88 bits per heavy atom. The highest BCUT2D eigenvalue weighted by atomic mass is 35.5. The van der Waals surface area contributed by atoms with Crippen molar-refractivity contribution in [3.8, 4) is 5.69 Å². The van der Waals surface area contributed by atoms with Gasteiger partial charge in [0.15, 0.2) is 0 Å². The van der Waals surface area contributed by atoms with Crippen molar-refractivity contribution in [3.05, 3.63) is 47.0 Å². The van der Waals surface area contributed by atoms with Crippen LogP contribution in [0, 0.1) is 0 Å². The Balaban J connectivity index is 1.83. The lowest BCUT2D eigenvalue weighted by molar-refractivity contribution is -0.141. The first kappa shape index (κ1) is 17.1. The molecule has 0 aliphatic carbocycles. The van der Waals surface area contributed by atoms with Gasteiger partial charge in [-0.05, 0) is 18.6 Å². The number of hydrogen-bond acceptors (Lipinski definition) is 5. The van der Waals surface area contributed by atoms with E-state index in [2.05, 4.69) is 9.88 Å². The second kappa shape index (κ2) is 6.78. The first-order valence-electron chi connectivity index (χ1n) is 8.19.